The zero-order chi connectivity index (χ0) is 86.5. The van der Waals surface area contributed by atoms with Gasteiger partial charge in [0.2, 0.25) is 0 Å². The van der Waals surface area contributed by atoms with Gasteiger partial charge in [0.05, 0.1) is 26.4 Å². The average molecular weight is 1700 g/mol. The summed E-state index contributed by atoms with van der Waals surface area (Å²) >= 11 is 0. The van der Waals surface area contributed by atoms with E-state index in [1.165, 1.54) is 128 Å². The summed E-state index contributed by atoms with van der Waals surface area (Å²) in [5.41, 5.74) is 0. The van der Waals surface area contributed by atoms with E-state index in [1.807, 2.05) is 0 Å². The third-order valence-corrected chi connectivity index (χ3v) is 21.2. The zero-order valence-corrected chi connectivity index (χ0v) is 76.5. The molecule has 18 heteroatoms. The molecular weight excluding hydrogens is 1530 g/mol. The fraction of sp³-hybridized carbons (Fsp3) is 0.653. The maximum absolute atomic E-state index is 13.0. The Labute approximate surface area is 725 Å². The minimum absolute atomic E-state index is 0.0714. The van der Waals surface area contributed by atoms with Crippen molar-refractivity contribution >= 4 is 33.6 Å². The molecule has 0 saturated carbocycles. The van der Waals surface area contributed by atoms with Crippen molar-refractivity contribution in [2.24, 2.45) is 0 Å². The van der Waals surface area contributed by atoms with E-state index in [9.17, 15) is 43.5 Å². The highest BCUT2D eigenvalue weighted by atomic mass is 31.2. The molecule has 0 spiro atoms. The Morgan fingerprint density at radius 3 is 0.664 bits per heavy atom. The lowest BCUT2D eigenvalue weighted by molar-refractivity contribution is -0.161. The lowest BCUT2D eigenvalue weighted by Crippen LogP contribution is -2.30. The molecule has 0 aromatic heterocycles. The zero-order valence-electron chi connectivity index (χ0n) is 74.7. The second-order valence-electron chi connectivity index (χ2n) is 30.7. The van der Waals surface area contributed by atoms with Gasteiger partial charge < -0.3 is 34.2 Å². The maximum Gasteiger partial charge on any atom is 0.472 e. The number of carbonyl (C=O) groups is 3. The van der Waals surface area contributed by atoms with Crippen LogP contribution in [0.5, 0.6) is 0 Å². The van der Waals surface area contributed by atoms with Crippen LogP contribution in [-0.4, -0.2) is 95.9 Å². The van der Waals surface area contributed by atoms with Gasteiger partial charge in [0.15, 0.2) is 6.10 Å². The normalized spacial score (nSPS) is 14.6. The van der Waals surface area contributed by atoms with E-state index in [2.05, 4.69) is 215 Å². The summed E-state index contributed by atoms with van der Waals surface area (Å²) in [6, 6.07) is 0. The van der Waals surface area contributed by atoms with Crippen molar-refractivity contribution in [3.05, 3.63) is 194 Å². The predicted octanol–water partition coefficient (Wildman–Crippen LogP) is 29.0. The molecule has 0 amide bonds. The first-order valence-corrected chi connectivity index (χ1v) is 49.7. The molecule has 0 saturated heterocycles. The molecule has 5 atom stereocenters. The van der Waals surface area contributed by atoms with Crippen molar-refractivity contribution in [2.45, 2.75) is 386 Å². The van der Waals surface area contributed by atoms with Crippen LogP contribution < -0.4 is 0 Å². The summed E-state index contributed by atoms with van der Waals surface area (Å²) in [5, 5.41) is 20.7. The summed E-state index contributed by atoms with van der Waals surface area (Å²) in [4.78, 5) is 59.0. The van der Waals surface area contributed by atoms with Crippen molar-refractivity contribution in [2.75, 3.05) is 39.6 Å². The number of rotatable bonds is 87. The number of carbonyl (C=O) groups excluding carboxylic acids is 3. The van der Waals surface area contributed by atoms with Gasteiger partial charge in [-0.1, -0.05) is 382 Å². The first-order chi connectivity index (χ1) is 58.2. The number of aliphatic hydroxyl groups excluding tert-OH is 2. The van der Waals surface area contributed by atoms with Crippen molar-refractivity contribution in [3.8, 4) is 0 Å². The number of aliphatic hydroxyl groups is 2. The lowest BCUT2D eigenvalue weighted by Gasteiger charge is -2.21. The predicted molar refractivity (Wildman–Crippen MR) is 500 cm³/mol. The van der Waals surface area contributed by atoms with Crippen molar-refractivity contribution in [1.29, 1.82) is 0 Å². The SMILES string of the molecule is CC/C=C\C/C=C\C/C=C\C/C=C\C/C=C\C/C=C\CCCCCCCCCCCCCCCCCCC(=O)OCC(O)COP(=O)(O)OCC(O)COP(=O)(O)OCC(COC(=O)CCCCCCCCCCCCCC/C=C\C/C=C\C/C=C\C/C=C\C/C=C\C/C=C\CC)OC(=O)CCCCCC/C=C\C/C=C\C/C=C\C/C=C\CC. The summed E-state index contributed by atoms with van der Waals surface area (Å²) in [5.74, 6) is -1.60. The van der Waals surface area contributed by atoms with Gasteiger partial charge >= 0.3 is 33.6 Å². The molecule has 4 N–H and O–H groups in total. The molecule has 0 heterocycles. The molecule has 0 aromatic rings. The number of hydrogen-bond acceptors (Lipinski definition) is 14. The minimum atomic E-state index is -4.95. The molecular formula is C101H168O16P2. The third kappa shape index (κ3) is 92.9. The highest BCUT2D eigenvalue weighted by molar-refractivity contribution is 7.47. The summed E-state index contributed by atoms with van der Waals surface area (Å²) in [6.07, 6.45) is 122. The van der Waals surface area contributed by atoms with Gasteiger partial charge in [0, 0.05) is 19.3 Å². The number of allylic oxidation sites excluding steroid dienone is 32. The van der Waals surface area contributed by atoms with E-state index < -0.39 is 91.5 Å². The van der Waals surface area contributed by atoms with Crippen LogP contribution >= 0.6 is 15.6 Å². The molecule has 5 unspecified atom stereocenters. The van der Waals surface area contributed by atoms with Gasteiger partial charge in [-0.2, -0.15) is 0 Å². The second-order valence-corrected chi connectivity index (χ2v) is 33.6. The van der Waals surface area contributed by atoms with E-state index in [0.29, 0.717) is 19.3 Å². The van der Waals surface area contributed by atoms with E-state index >= 15 is 0 Å². The molecule has 0 aliphatic carbocycles. The van der Waals surface area contributed by atoms with E-state index in [0.717, 1.165) is 180 Å². The molecule has 0 aliphatic heterocycles. The fourth-order valence-corrected chi connectivity index (χ4v) is 13.9. The first kappa shape index (κ1) is 113. The van der Waals surface area contributed by atoms with Gasteiger partial charge in [0.1, 0.15) is 25.4 Å². The smallest absolute Gasteiger partial charge is 0.463 e. The largest absolute Gasteiger partial charge is 0.472 e. The molecule has 119 heavy (non-hydrogen) atoms. The fourth-order valence-electron chi connectivity index (χ4n) is 12.3. The molecule has 0 fully saturated rings. The number of phosphoric acid groups is 2. The highest BCUT2D eigenvalue weighted by Crippen LogP contribution is 2.45. The molecule has 678 valence electrons. The van der Waals surface area contributed by atoms with Gasteiger partial charge in [-0.15, -0.1) is 0 Å². The molecule has 16 nitrogen and oxygen atoms in total. The second kappa shape index (κ2) is 91.6. The van der Waals surface area contributed by atoms with Gasteiger partial charge in [-0.25, -0.2) is 9.13 Å². The summed E-state index contributed by atoms with van der Waals surface area (Å²) < 4.78 is 61.4. The Bertz CT molecular complexity index is 2940. The van der Waals surface area contributed by atoms with Gasteiger partial charge in [-0.05, 0) is 161 Å². The molecule has 0 aliphatic rings. The van der Waals surface area contributed by atoms with Crippen LogP contribution in [0, 0.1) is 0 Å². The van der Waals surface area contributed by atoms with Crippen molar-refractivity contribution < 1.29 is 75.8 Å². The third-order valence-electron chi connectivity index (χ3n) is 19.3. The molecule has 0 bridgehead atoms. The molecule has 0 rings (SSSR count). The van der Waals surface area contributed by atoms with Crippen LogP contribution in [0.1, 0.15) is 367 Å². The van der Waals surface area contributed by atoms with E-state index in [-0.39, 0.29) is 19.3 Å². The first-order valence-electron chi connectivity index (χ1n) is 46.7. The minimum Gasteiger partial charge on any atom is -0.463 e. The Kier molecular flexibility index (Phi) is 87.3. The topological polar surface area (TPSA) is 231 Å². The Morgan fingerprint density at radius 1 is 0.235 bits per heavy atom. The monoisotopic (exact) mass is 1700 g/mol. The standard InChI is InChI=1S/C101H168O16P2/c1-4-7-10-13-16-19-22-25-28-31-33-35-37-39-41-43-45-46-47-48-50-52-53-55-57-59-61-64-66-69-72-75-78-81-84-87-99(104)111-90-96(102)91-113-118(107,108)114-92-97(103)93-115-119(109,110)116-95-98(117-101(106)89-86-83-80-77-74-71-68-63-30-27-24-21-18-15-12-9-6-3)94-112-100(105)88-85-82-79-76-73-70-67-65-62-60-58-56-54-51-49-44-42-40-38-36-34-32-29-26-23-20-17-14-11-8-5-2/h7-12,16-21,25-30,33-36,39-42,45-46,49,51,68,71,96-98,102-103H,4-6,13-15,22-24,31-32,37-38,43-44,47-48,50,52-67,69-70,72-95H2,1-3H3,(H,107,108)(H,109,110)/b10-7-,11-8-,12-9-,19-16-,20-17-,21-18-,28-25-,29-26-,30-27-,35-33-,36-34-,41-39-,42-40-,46-45-,51-49-,71-68-. The van der Waals surface area contributed by atoms with Crippen LogP contribution in [0.3, 0.4) is 0 Å². The Morgan fingerprint density at radius 2 is 0.420 bits per heavy atom. The van der Waals surface area contributed by atoms with Crippen LogP contribution in [0.2, 0.25) is 0 Å². The van der Waals surface area contributed by atoms with Crippen LogP contribution in [0.15, 0.2) is 194 Å². The summed E-state index contributed by atoms with van der Waals surface area (Å²) in [7, 11) is -9.82. The quantitative estimate of drug-likeness (QED) is 0.0146. The van der Waals surface area contributed by atoms with Crippen LogP contribution in [0.25, 0.3) is 0 Å². The number of ether oxygens (including phenoxy) is 3. The molecule has 0 radical (unpaired) electrons. The molecule has 0 aromatic carbocycles. The van der Waals surface area contributed by atoms with Gasteiger partial charge in [0.25, 0.3) is 0 Å². The van der Waals surface area contributed by atoms with E-state index in [4.69, 9.17) is 32.3 Å². The van der Waals surface area contributed by atoms with E-state index in [1.54, 1.807) is 0 Å². The maximum atomic E-state index is 13.0. The lowest BCUT2D eigenvalue weighted by atomic mass is 10.0. The number of esters is 3. The Hall–Kier alpha value is -5.61. The van der Waals surface area contributed by atoms with Crippen LogP contribution in [0.4, 0.5) is 0 Å². The summed E-state index contributed by atoms with van der Waals surface area (Å²) in [6.45, 7) is 2.34. The van der Waals surface area contributed by atoms with Crippen molar-refractivity contribution in [3.63, 3.8) is 0 Å². The van der Waals surface area contributed by atoms with Crippen LogP contribution in [-0.2, 0) is 55.8 Å². The van der Waals surface area contributed by atoms with Gasteiger partial charge in [-0.3, -0.25) is 32.5 Å². The average Bonchev–Trinajstić information content (AvgIpc) is 0.902. The number of hydrogen-bond donors (Lipinski definition) is 4. The highest BCUT2D eigenvalue weighted by Gasteiger charge is 2.29. The number of phosphoric ester groups is 2. The number of unbranched alkanes of at least 4 members (excludes halogenated alkanes) is 32. The Balaban J connectivity index is 4.50. The van der Waals surface area contributed by atoms with Crippen molar-refractivity contribution in [1.82, 2.24) is 0 Å².